The van der Waals surface area contributed by atoms with Crippen molar-refractivity contribution < 1.29 is 27.6 Å². The van der Waals surface area contributed by atoms with Crippen molar-refractivity contribution in [1.82, 2.24) is 10.6 Å². The van der Waals surface area contributed by atoms with Crippen molar-refractivity contribution in [2.24, 2.45) is 10.7 Å². The molecule has 0 spiro atoms. The van der Waals surface area contributed by atoms with Crippen LogP contribution in [0.1, 0.15) is 36.6 Å². The van der Waals surface area contributed by atoms with Gasteiger partial charge in [0.1, 0.15) is 0 Å². The van der Waals surface area contributed by atoms with Gasteiger partial charge in [-0.2, -0.15) is 13.2 Å². The molecule has 3 amide bonds. The maximum atomic E-state index is 12.8. The number of aliphatic imine (C=N–C) groups is 1. The summed E-state index contributed by atoms with van der Waals surface area (Å²) in [6.45, 7) is 0. The summed E-state index contributed by atoms with van der Waals surface area (Å²) in [6, 6.07) is 17.4. The Balaban J connectivity index is 1.86. The van der Waals surface area contributed by atoms with Crippen LogP contribution in [0, 0.1) is 0 Å². The molecule has 0 saturated heterocycles. The SMILES string of the molecule is NC(=O)c1ccc(N=C(NC(=O)c2ccccc2)NC(=O)c2ccc(C(F)(F)F)cc2)cc1. The van der Waals surface area contributed by atoms with E-state index in [4.69, 9.17) is 5.73 Å². The molecule has 3 aromatic rings. The standard InChI is InChI=1S/C23H17F3N4O3/c24-23(25,26)17-10-6-16(7-11-17)21(33)30-22(29-20(32)15-4-2-1-3-5-15)28-18-12-8-14(9-13-18)19(27)31/h1-13H,(H2,27,31)(H2,28,29,30,32,33). The zero-order valence-corrected chi connectivity index (χ0v) is 16.9. The van der Waals surface area contributed by atoms with E-state index >= 15 is 0 Å². The number of rotatable bonds is 4. The Hall–Kier alpha value is -4.47. The number of hydrogen-bond acceptors (Lipinski definition) is 4. The quantitative estimate of drug-likeness (QED) is 0.413. The van der Waals surface area contributed by atoms with Gasteiger partial charge in [0, 0.05) is 16.7 Å². The van der Waals surface area contributed by atoms with Crippen LogP contribution in [-0.4, -0.2) is 23.7 Å². The van der Waals surface area contributed by atoms with Crippen molar-refractivity contribution in [3.05, 3.63) is 101 Å². The number of hydrogen-bond donors (Lipinski definition) is 3. The number of benzene rings is 3. The highest BCUT2D eigenvalue weighted by atomic mass is 19.4. The zero-order valence-electron chi connectivity index (χ0n) is 16.9. The maximum absolute atomic E-state index is 12.8. The molecule has 0 unspecified atom stereocenters. The second-order valence-electron chi connectivity index (χ2n) is 6.72. The van der Waals surface area contributed by atoms with Gasteiger partial charge in [-0.3, -0.25) is 25.0 Å². The van der Waals surface area contributed by atoms with Crippen molar-refractivity contribution >= 4 is 29.4 Å². The molecule has 0 heterocycles. The third kappa shape index (κ3) is 6.26. The fourth-order valence-electron chi connectivity index (χ4n) is 2.68. The second-order valence-corrected chi connectivity index (χ2v) is 6.72. The van der Waals surface area contributed by atoms with E-state index in [1.54, 1.807) is 30.3 Å². The first-order chi connectivity index (χ1) is 15.6. The normalized spacial score (nSPS) is 11.5. The smallest absolute Gasteiger partial charge is 0.366 e. The number of primary amides is 1. The summed E-state index contributed by atoms with van der Waals surface area (Å²) >= 11 is 0. The zero-order chi connectivity index (χ0) is 24.0. The van der Waals surface area contributed by atoms with Crippen LogP contribution in [0.4, 0.5) is 18.9 Å². The minimum absolute atomic E-state index is 0.0752. The van der Waals surface area contributed by atoms with Crippen molar-refractivity contribution in [2.45, 2.75) is 6.18 Å². The number of carbonyl (C=O) groups is 3. The molecular weight excluding hydrogens is 437 g/mol. The second kappa shape index (κ2) is 9.77. The average molecular weight is 454 g/mol. The van der Waals surface area contributed by atoms with E-state index in [1.807, 2.05) is 0 Å². The van der Waals surface area contributed by atoms with Gasteiger partial charge in [-0.25, -0.2) is 4.99 Å². The molecule has 0 aromatic heterocycles. The third-order valence-electron chi connectivity index (χ3n) is 4.37. The molecule has 7 nitrogen and oxygen atoms in total. The van der Waals surface area contributed by atoms with Crippen LogP contribution < -0.4 is 16.4 Å². The molecule has 3 rings (SSSR count). The van der Waals surface area contributed by atoms with E-state index in [0.717, 1.165) is 24.3 Å². The molecule has 0 saturated carbocycles. The maximum Gasteiger partial charge on any atom is 0.416 e. The largest absolute Gasteiger partial charge is 0.416 e. The Labute approximate surface area is 186 Å². The lowest BCUT2D eigenvalue weighted by molar-refractivity contribution is -0.137. The number of amides is 3. The lowest BCUT2D eigenvalue weighted by Gasteiger charge is -2.12. The minimum Gasteiger partial charge on any atom is -0.366 e. The Bertz CT molecular complexity index is 1190. The molecule has 0 aliphatic heterocycles. The van der Waals surface area contributed by atoms with Crippen LogP contribution in [0.15, 0.2) is 83.9 Å². The van der Waals surface area contributed by atoms with Crippen molar-refractivity contribution in [3.63, 3.8) is 0 Å². The van der Waals surface area contributed by atoms with Crippen LogP contribution in [0.2, 0.25) is 0 Å². The van der Waals surface area contributed by atoms with Crippen LogP contribution in [-0.2, 0) is 6.18 Å². The summed E-state index contributed by atoms with van der Waals surface area (Å²) in [6.07, 6.45) is -4.54. The summed E-state index contributed by atoms with van der Waals surface area (Å²) in [5, 5.41) is 4.85. The predicted molar refractivity (Wildman–Crippen MR) is 115 cm³/mol. The Morgan fingerprint density at radius 1 is 0.697 bits per heavy atom. The van der Waals surface area contributed by atoms with Gasteiger partial charge in [0.05, 0.1) is 11.3 Å². The monoisotopic (exact) mass is 454 g/mol. The molecular formula is C23H17F3N4O3. The average Bonchev–Trinajstić information content (AvgIpc) is 2.79. The number of carbonyl (C=O) groups excluding carboxylic acids is 3. The lowest BCUT2D eigenvalue weighted by Crippen LogP contribution is -2.43. The van der Waals surface area contributed by atoms with Crippen LogP contribution in [0.3, 0.4) is 0 Å². The van der Waals surface area contributed by atoms with Gasteiger partial charge in [-0.15, -0.1) is 0 Å². The molecule has 0 bridgehead atoms. The molecule has 0 aliphatic carbocycles. The van der Waals surface area contributed by atoms with Crippen LogP contribution in [0.5, 0.6) is 0 Å². The predicted octanol–water partition coefficient (Wildman–Crippen LogP) is 3.65. The van der Waals surface area contributed by atoms with E-state index in [0.29, 0.717) is 0 Å². The highest BCUT2D eigenvalue weighted by molar-refractivity contribution is 6.13. The Kier molecular flexibility index (Phi) is 6.87. The molecule has 0 aliphatic rings. The van der Waals surface area contributed by atoms with Gasteiger partial charge >= 0.3 is 6.18 Å². The molecule has 168 valence electrons. The van der Waals surface area contributed by atoms with Gasteiger partial charge in [0.25, 0.3) is 11.8 Å². The summed E-state index contributed by atoms with van der Waals surface area (Å²) in [5.74, 6) is -2.26. The summed E-state index contributed by atoms with van der Waals surface area (Å²) in [5.41, 5.74) is 5.02. The minimum atomic E-state index is -4.54. The number of alkyl halides is 3. The summed E-state index contributed by atoms with van der Waals surface area (Å²) in [4.78, 5) is 40.5. The number of guanidine groups is 1. The van der Waals surface area contributed by atoms with Gasteiger partial charge in [0.15, 0.2) is 0 Å². The van der Waals surface area contributed by atoms with Gasteiger partial charge in [-0.05, 0) is 60.7 Å². The molecule has 3 aromatic carbocycles. The van der Waals surface area contributed by atoms with E-state index in [-0.39, 0.29) is 28.3 Å². The highest BCUT2D eigenvalue weighted by Crippen LogP contribution is 2.29. The Morgan fingerprint density at radius 2 is 1.18 bits per heavy atom. The van der Waals surface area contributed by atoms with E-state index in [2.05, 4.69) is 15.6 Å². The first kappa shape index (κ1) is 23.2. The first-order valence-corrected chi connectivity index (χ1v) is 9.47. The summed E-state index contributed by atoms with van der Waals surface area (Å²) < 4.78 is 38.3. The summed E-state index contributed by atoms with van der Waals surface area (Å²) in [7, 11) is 0. The van der Waals surface area contributed by atoms with E-state index in [9.17, 15) is 27.6 Å². The number of nitrogens with zero attached hydrogens (tertiary/aromatic N) is 1. The molecule has 4 N–H and O–H groups in total. The molecule has 0 fully saturated rings. The van der Waals surface area contributed by atoms with E-state index < -0.39 is 29.5 Å². The van der Waals surface area contributed by atoms with Crippen molar-refractivity contribution in [3.8, 4) is 0 Å². The molecule has 0 radical (unpaired) electrons. The van der Waals surface area contributed by atoms with Gasteiger partial charge in [0.2, 0.25) is 11.9 Å². The van der Waals surface area contributed by atoms with E-state index in [1.165, 1.54) is 24.3 Å². The Morgan fingerprint density at radius 3 is 1.67 bits per heavy atom. The lowest BCUT2D eigenvalue weighted by atomic mass is 10.1. The first-order valence-electron chi connectivity index (χ1n) is 9.47. The number of nitrogens with one attached hydrogen (secondary N) is 2. The third-order valence-corrected chi connectivity index (χ3v) is 4.37. The molecule has 10 heteroatoms. The highest BCUT2D eigenvalue weighted by Gasteiger charge is 2.30. The van der Waals surface area contributed by atoms with Crippen molar-refractivity contribution in [2.75, 3.05) is 0 Å². The topological polar surface area (TPSA) is 114 Å². The van der Waals surface area contributed by atoms with Gasteiger partial charge < -0.3 is 5.73 Å². The fourth-order valence-corrected chi connectivity index (χ4v) is 2.68. The van der Waals surface area contributed by atoms with Crippen LogP contribution >= 0.6 is 0 Å². The number of halogens is 3. The number of nitrogens with two attached hydrogens (primary N) is 1. The fraction of sp³-hybridized carbons (Fsp3) is 0.0435. The van der Waals surface area contributed by atoms with Crippen LogP contribution in [0.25, 0.3) is 0 Å². The molecule has 33 heavy (non-hydrogen) atoms. The molecule has 0 atom stereocenters. The van der Waals surface area contributed by atoms with Gasteiger partial charge in [-0.1, -0.05) is 18.2 Å². The van der Waals surface area contributed by atoms with Crippen molar-refractivity contribution in [1.29, 1.82) is 0 Å².